The van der Waals surface area contributed by atoms with Gasteiger partial charge in [-0.05, 0) is 20.3 Å². The second-order valence-corrected chi connectivity index (χ2v) is 7.22. The van der Waals surface area contributed by atoms with Crippen LogP contribution >= 0.6 is 11.9 Å². The molecular formula is C15H28N2O4S. The summed E-state index contributed by atoms with van der Waals surface area (Å²) >= 11 is 0.719. The third-order valence-corrected chi connectivity index (χ3v) is 4.07. The van der Waals surface area contributed by atoms with Gasteiger partial charge in [-0.2, -0.15) is 0 Å². The molecule has 22 heavy (non-hydrogen) atoms. The molecule has 0 aliphatic heterocycles. The van der Waals surface area contributed by atoms with Crippen molar-refractivity contribution in [2.45, 2.75) is 77.0 Å². The van der Waals surface area contributed by atoms with Crippen LogP contribution in [0.4, 0.5) is 0 Å². The normalized spacial score (nSPS) is 12.5. The molecule has 0 bridgehead atoms. The summed E-state index contributed by atoms with van der Waals surface area (Å²) in [5.41, 5.74) is 0. The number of esters is 1. The van der Waals surface area contributed by atoms with Crippen LogP contribution in [0.2, 0.25) is 0 Å². The number of amides is 1. The van der Waals surface area contributed by atoms with E-state index < -0.39 is 16.8 Å². The number of hydrogen-bond acceptors (Lipinski definition) is 6. The van der Waals surface area contributed by atoms with Crippen molar-refractivity contribution in [1.82, 2.24) is 5.32 Å². The van der Waals surface area contributed by atoms with Crippen LogP contribution in [0.3, 0.4) is 0 Å². The Hall–Kier alpha value is -1.11. The van der Waals surface area contributed by atoms with Gasteiger partial charge in [0.2, 0.25) is 5.91 Å². The summed E-state index contributed by atoms with van der Waals surface area (Å²) in [6, 6.07) is -0.896. The zero-order valence-electron chi connectivity index (χ0n) is 14.0. The predicted octanol–water partition coefficient (Wildman–Crippen LogP) is 3.59. The molecular weight excluding hydrogens is 304 g/mol. The first-order chi connectivity index (χ1) is 10.3. The SMILES string of the molecule is CCCCCCCCOC(=O)[C@@H](NC(C)=O)C(C)(C)SN=O. The molecule has 0 spiro atoms. The van der Waals surface area contributed by atoms with Gasteiger partial charge in [0.1, 0.15) is 6.04 Å². The summed E-state index contributed by atoms with van der Waals surface area (Å²) in [6.45, 7) is 7.16. The molecule has 0 unspecified atom stereocenters. The summed E-state index contributed by atoms with van der Waals surface area (Å²) in [4.78, 5) is 33.9. The fraction of sp³-hybridized carbons (Fsp3) is 0.867. The highest BCUT2D eigenvalue weighted by atomic mass is 32.2. The summed E-state index contributed by atoms with van der Waals surface area (Å²) in [5, 5.41) is 2.54. The van der Waals surface area contributed by atoms with Crippen LogP contribution < -0.4 is 5.32 Å². The largest absolute Gasteiger partial charge is 0.464 e. The Balaban J connectivity index is 4.29. The molecule has 0 aromatic carbocycles. The van der Waals surface area contributed by atoms with E-state index in [4.69, 9.17) is 4.74 Å². The Bertz CT molecular complexity index is 361. The summed E-state index contributed by atoms with van der Waals surface area (Å²) in [5.74, 6) is -0.869. The maximum Gasteiger partial charge on any atom is 0.330 e. The van der Waals surface area contributed by atoms with Crippen molar-refractivity contribution in [1.29, 1.82) is 0 Å². The van der Waals surface area contributed by atoms with E-state index in [9.17, 15) is 14.5 Å². The number of hydrogen-bond donors (Lipinski definition) is 1. The minimum absolute atomic E-state index is 0.330. The third-order valence-electron chi connectivity index (χ3n) is 3.29. The lowest BCUT2D eigenvalue weighted by Crippen LogP contribution is -2.52. The third kappa shape index (κ3) is 9.02. The van der Waals surface area contributed by atoms with Crippen LogP contribution in [0, 0.1) is 4.91 Å². The van der Waals surface area contributed by atoms with Crippen LogP contribution in [-0.2, 0) is 14.3 Å². The summed E-state index contributed by atoms with van der Waals surface area (Å²) in [6.07, 6.45) is 6.60. The monoisotopic (exact) mass is 332 g/mol. The van der Waals surface area contributed by atoms with Gasteiger partial charge in [0, 0.05) is 23.5 Å². The van der Waals surface area contributed by atoms with E-state index in [1.54, 1.807) is 13.8 Å². The Labute approximate surface area is 137 Å². The van der Waals surface area contributed by atoms with E-state index in [2.05, 4.69) is 16.8 Å². The molecule has 0 fully saturated rings. The predicted molar refractivity (Wildman–Crippen MR) is 89.4 cm³/mol. The number of nitrogens with zero attached hydrogens (tertiary/aromatic N) is 1. The summed E-state index contributed by atoms with van der Waals surface area (Å²) < 4.78 is 7.14. The molecule has 0 saturated heterocycles. The second-order valence-electron chi connectivity index (χ2n) is 5.84. The number of ether oxygens (including phenoxy) is 1. The molecule has 0 radical (unpaired) electrons. The number of carbonyl (C=O) groups is 2. The number of nitroso groups, excluding NO2 is 1. The molecule has 0 heterocycles. The number of unbranched alkanes of at least 4 members (excludes halogenated alkanes) is 5. The average molecular weight is 332 g/mol. The zero-order chi connectivity index (χ0) is 17.0. The van der Waals surface area contributed by atoms with Crippen molar-refractivity contribution in [2.24, 2.45) is 4.58 Å². The van der Waals surface area contributed by atoms with E-state index in [1.165, 1.54) is 26.2 Å². The first kappa shape index (κ1) is 20.9. The van der Waals surface area contributed by atoms with Crippen LogP contribution in [0.15, 0.2) is 4.58 Å². The van der Waals surface area contributed by atoms with Crippen LogP contribution in [-0.4, -0.2) is 29.3 Å². The van der Waals surface area contributed by atoms with Crippen molar-refractivity contribution >= 4 is 23.8 Å². The van der Waals surface area contributed by atoms with Gasteiger partial charge in [0.25, 0.3) is 0 Å². The van der Waals surface area contributed by atoms with Gasteiger partial charge >= 0.3 is 5.97 Å². The van der Waals surface area contributed by atoms with Crippen molar-refractivity contribution in [2.75, 3.05) is 6.61 Å². The lowest BCUT2D eigenvalue weighted by atomic mass is 10.0. The van der Waals surface area contributed by atoms with Gasteiger partial charge in [-0.15, -0.1) is 4.91 Å². The summed E-state index contributed by atoms with van der Waals surface area (Å²) in [7, 11) is 0. The van der Waals surface area contributed by atoms with Crippen molar-refractivity contribution in [3.05, 3.63) is 4.91 Å². The van der Waals surface area contributed by atoms with Gasteiger partial charge in [0.05, 0.1) is 11.4 Å². The van der Waals surface area contributed by atoms with Crippen LogP contribution in [0.5, 0.6) is 0 Å². The highest BCUT2D eigenvalue weighted by Gasteiger charge is 2.38. The molecule has 1 amide bonds. The number of nitrogens with one attached hydrogen (secondary N) is 1. The molecule has 128 valence electrons. The molecule has 0 saturated carbocycles. The Morgan fingerprint density at radius 1 is 1.18 bits per heavy atom. The van der Waals surface area contributed by atoms with E-state index >= 15 is 0 Å². The first-order valence-corrected chi connectivity index (χ1v) is 8.57. The molecule has 1 atom stereocenters. The van der Waals surface area contributed by atoms with Gasteiger partial charge in [-0.3, -0.25) is 4.79 Å². The maximum atomic E-state index is 12.1. The van der Waals surface area contributed by atoms with E-state index in [0.29, 0.717) is 6.61 Å². The fourth-order valence-electron chi connectivity index (χ4n) is 2.01. The lowest BCUT2D eigenvalue weighted by Gasteiger charge is -2.29. The highest BCUT2D eigenvalue weighted by molar-refractivity contribution is 7.99. The van der Waals surface area contributed by atoms with Crippen LogP contribution in [0.25, 0.3) is 0 Å². The van der Waals surface area contributed by atoms with Gasteiger partial charge in [-0.25, -0.2) is 4.79 Å². The fourth-order valence-corrected chi connectivity index (χ4v) is 2.46. The molecule has 1 N–H and O–H groups in total. The second kappa shape index (κ2) is 11.5. The van der Waals surface area contributed by atoms with Crippen LogP contribution in [0.1, 0.15) is 66.2 Å². The highest BCUT2D eigenvalue weighted by Crippen LogP contribution is 2.29. The minimum Gasteiger partial charge on any atom is -0.464 e. The smallest absolute Gasteiger partial charge is 0.330 e. The van der Waals surface area contributed by atoms with Crippen molar-refractivity contribution in [3.63, 3.8) is 0 Å². The number of carbonyl (C=O) groups excluding carboxylic acids is 2. The van der Waals surface area contributed by atoms with E-state index in [-0.39, 0.29) is 5.91 Å². The van der Waals surface area contributed by atoms with Gasteiger partial charge < -0.3 is 10.1 Å². The molecule has 0 aromatic heterocycles. The lowest BCUT2D eigenvalue weighted by molar-refractivity contribution is -0.148. The first-order valence-electron chi connectivity index (χ1n) is 7.79. The molecule has 0 aliphatic rings. The molecule has 0 aliphatic carbocycles. The van der Waals surface area contributed by atoms with Crippen molar-refractivity contribution < 1.29 is 14.3 Å². The van der Waals surface area contributed by atoms with E-state index in [0.717, 1.165) is 31.2 Å². The standard InChI is InChI=1S/C15H28N2O4S/c1-5-6-7-8-9-10-11-21-14(19)13(16-12(2)18)15(3,4)22-17-20/h13H,5-11H2,1-4H3,(H,16,18)/t13-/m1/s1. The Kier molecular flexibility index (Phi) is 10.9. The average Bonchev–Trinajstić information content (AvgIpc) is 2.43. The quantitative estimate of drug-likeness (QED) is 0.255. The van der Waals surface area contributed by atoms with Gasteiger partial charge in [0.15, 0.2) is 0 Å². The molecule has 0 aromatic rings. The zero-order valence-corrected chi connectivity index (χ0v) is 14.8. The maximum absolute atomic E-state index is 12.1. The Morgan fingerprint density at radius 2 is 1.77 bits per heavy atom. The number of rotatable bonds is 12. The topological polar surface area (TPSA) is 84.8 Å². The molecule has 6 nitrogen and oxygen atoms in total. The van der Waals surface area contributed by atoms with Gasteiger partial charge in [-0.1, -0.05) is 39.0 Å². The Morgan fingerprint density at radius 3 is 2.32 bits per heavy atom. The van der Waals surface area contributed by atoms with E-state index in [1.807, 2.05) is 0 Å². The molecule has 0 rings (SSSR count). The molecule has 7 heteroatoms. The van der Waals surface area contributed by atoms with Crippen molar-refractivity contribution in [3.8, 4) is 0 Å². The minimum atomic E-state index is -0.896.